The zero-order valence-electron chi connectivity index (χ0n) is 17.9. The molecule has 1 aliphatic rings. The van der Waals surface area contributed by atoms with E-state index in [-0.39, 0.29) is 18.3 Å². The normalized spacial score (nSPS) is 15.5. The van der Waals surface area contributed by atoms with Crippen LogP contribution >= 0.6 is 0 Å². The Hall–Kier alpha value is -4.08. The summed E-state index contributed by atoms with van der Waals surface area (Å²) < 4.78 is 13.1. The molecule has 1 fully saturated rings. The number of nitrogens with one attached hydrogen (secondary N) is 1. The van der Waals surface area contributed by atoms with Crippen LogP contribution in [0, 0.1) is 5.82 Å². The molecule has 4 rings (SSSR count). The Morgan fingerprint density at radius 2 is 1.91 bits per heavy atom. The number of carbonyl (C=O) groups excluding carboxylic acids is 2. The minimum Gasteiger partial charge on any atom is -0.501 e. The summed E-state index contributed by atoms with van der Waals surface area (Å²) >= 11 is 0. The highest BCUT2D eigenvalue weighted by Crippen LogP contribution is 2.31. The van der Waals surface area contributed by atoms with Crippen LogP contribution in [-0.2, 0) is 6.54 Å². The molecule has 0 bridgehead atoms. The number of aromatic amines is 1. The minimum absolute atomic E-state index is 0.123. The first-order chi connectivity index (χ1) is 15.8. The van der Waals surface area contributed by atoms with E-state index in [1.165, 1.54) is 48.6 Å². The largest absolute Gasteiger partial charge is 0.501 e. The van der Waals surface area contributed by atoms with Crippen LogP contribution in [0.3, 0.4) is 0 Å². The topological polar surface area (TPSA) is 119 Å². The second-order valence-electron chi connectivity index (χ2n) is 7.83. The first-order valence-electron chi connectivity index (χ1n) is 10.4. The molecule has 1 unspecified atom stereocenters. The number of aromatic nitrogens is 3. The van der Waals surface area contributed by atoms with Gasteiger partial charge in [-0.1, -0.05) is 12.1 Å². The van der Waals surface area contributed by atoms with Crippen LogP contribution in [-0.4, -0.2) is 55.3 Å². The summed E-state index contributed by atoms with van der Waals surface area (Å²) in [6, 6.07) is 8.29. The summed E-state index contributed by atoms with van der Waals surface area (Å²) in [5.74, 6) is -1.96. The highest BCUT2D eigenvalue weighted by molar-refractivity contribution is 5.95. The lowest BCUT2D eigenvalue weighted by Crippen LogP contribution is -2.34. The number of hydrogen-bond donors (Lipinski definition) is 2. The van der Waals surface area contributed by atoms with Crippen molar-refractivity contribution in [3.8, 4) is 5.75 Å². The number of amides is 2. The van der Waals surface area contributed by atoms with Crippen LogP contribution < -0.4 is 5.56 Å². The van der Waals surface area contributed by atoms with E-state index in [0.717, 1.165) is 0 Å². The molecule has 3 heterocycles. The maximum Gasteiger partial charge on any atom is 0.294 e. The van der Waals surface area contributed by atoms with Crippen LogP contribution in [0.5, 0.6) is 5.75 Å². The molecule has 1 aromatic carbocycles. The van der Waals surface area contributed by atoms with Crippen molar-refractivity contribution in [2.75, 3.05) is 13.6 Å². The highest BCUT2D eigenvalue weighted by atomic mass is 19.1. The molecule has 2 N–H and O–H groups in total. The molecule has 1 aliphatic heterocycles. The number of hydrogen-bond acceptors (Lipinski definition) is 6. The summed E-state index contributed by atoms with van der Waals surface area (Å²) in [7, 11) is 1.49. The summed E-state index contributed by atoms with van der Waals surface area (Å²) in [5, 5.41) is 10.2. The van der Waals surface area contributed by atoms with Gasteiger partial charge in [0.05, 0.1) is 6.04 Å². The van der Waals surface area contributed by atoms with Gasteiger partial charge in [-0.15, -0.1) is 0 Å². The molecule has 1 atom stereocenters. The molecule has 170 valence electrons. The van der Waals surface area contributed by atoms with Gasteiger partial charge in [-0.2, -0.15) is 0 Å². The average Bonchev–Trinajstić information content (AvgIpc) is 3.32. The number of pyridine rings is 1. The fourth-order valence-electron chi connectivity index (χ4n) is 3.86. The Morgan fingerprint density at radius 1 is 1.21 bits per heavy atom. The van der Waals surface area contributed by atoms with Gasteiger partial charge in [0.2, 0.25) is 5.75 Å². The lowest BCUT2D eigenvalue weighted by atomic mass is 10.1. The van der Waals surface area contributed by atoms with E-state index in [2.05, 4.69) is 15.0 Å². The quantitative estimate of drug-likeness (QED) is 0.614. The number of nitrogens with zero attached hydrogens (tertiary/aromatic N) is 4. The molecule has 2 aromatic heterocycles. The smallest absolute Gasteiger partial charge is 0.294 e. The van der Waals surface area contributed by atoms with Crippen LogP contribution in [0.25, 0.3) is 0 Å². The maximum atomic E-state index is 13.1. The molecule has 9 nitrogen and oxygen atoms in total. The first kappa shape index (κ1) is 22.1. The van der Waals surface area contributed by atoms with Gasteiger partial charge in [-0.25, -0.2) is 9.37 Å². The lowest BCUT2D eigenvalue weighted by molar-refractivity contribution is 0.0729. The zero-order chi connectivity index (χ0) is 23.5. The molecule has 0 spiro atoms. The lowest BCUT2D eigenvalue weighted by Gasteiger charge is -2.25. The minimum atomic E-state index is -0.859. The summed E-state index contributed by atoms with van der Waals surface area (Å²) in [4.78, 5) is 51.9. The summed E-state index contributed by atoms with van der Waals surface area (Å²) in [6.45, 7) is 0.586. The zero-order valence-corrected chi connectivity index (χ0v) is 17.9. The third kappa shape index (κ3) is 4.59. The van der Waals surface area contributed by atoms with Gasteiger partial charge in [0.25, 0.3) is 17.4 Å². The van der Waals surface area contributed by atoms with Gasteiger partial charge < -0.3 is 19.9 Å². The van der Waals surface area contributed by atoms with Crippen molar-refractivity contribution in [1.29, 1.82) is 0 Å². The van der Waals surface area contributed by atoms with Gasteiger partial charge in [-0.05, 0) is 42.7 Å². The number of aromatic hydroxyl groups is 1. The van der Waals surface area contributed by atoms with E-state index in [4.69, 9.17) is 0 Å². The number of likely N-dealkylation sites (tertiary alicyclic amines) is 1. The summed E-state index contributed by atoms with van der Waals surface area (Å²) in [6.07, 6.45) is 4.28. The van der Waals surface area contributed by atoms with Crippen molar-refractivity contribution >= 4 is 11.8 Å². The van der Waals surface area contributed by atoms with Crippen LogP contribution in [0.2, 0.25) is 0 Å². The molecule has 33 heavy (non-hydrogen) atoms. The molecule has 2 amide bonds. The first-order valence-corrected chi connectivity index (χ1v) is 10.4. The monoisotopic (exact) mass is 451 g/mol. The van der Waals surface area contributed by atoms with Crippen molar-refractivity contribution < 1.29 is 19.1 Å². The molecule has 10 heteroatoms. The Bertz CT molecular complexity index is 1230. The van der Waals surface area contributed by atoms with E-state index in [9.17, 15) is 23.9 Å². The van der Waals surface area contributed by atoms with Crippen LogP contribution in [0.4, 0.5) is 4.39 Å². The van der Waals surface area contributed by atoms with Crippen LogP contribution in [0.15, 0.2) is 53.6 Å². The Kier molecular flexibility index (Phi) is 6.16. The van der Waals surface area contributed by atoms with Crippen molar-refractivity contribution in [3.05, 3.63) is 87.6 Å². The second-order valence-corrected chi connectivity index (χ2v) is 7.83. The fraction of sp³-hybridized carbons (Fsp3) is 0.261. The predicted octanol–water partition coefficient (Wildman–Crippen LogP) is 2.26. The van der Waals surface area contributed by atoms with E-state index in [1.54, 1.807) is 17.0 Å². The van der Waals surface area contributed by atoms with E-state index in [0.29, 0.717) is 30.5 Å². The molecule has 0 saturated carbocycles. The third-order valence-electron chi connectivity index (χ3n) is 5.55. The average molecular weight is 451 g/mol. The Morgan fingerprint density at radius 3 is 2.61 bits per heavy atom. The summed E-state index contributed by atoms with van der Waals surface area (Å²) in [5.41, 5.74) is -0.140. The van der Waals surface area contributed by atoms with Crippen molar-refractivity contribution in [1.82, 2.24) is 24.8 Å². The molecule has 3 aromatic rings. The van der Waals surface area contributed by atoms with Crippen LogP contribution in [0.1, 0.15) is 51.1 Å². The van der Waals surface area contributed by atoms with Crippen molar-refractivity contribution in [2.24, 2.45) is 0 Å². The molecule has 0 aliphatic carbocycles. The number of benzene rings is 1. The molecule has 1 saturated heterocycles. The number of rotatable bonds is 5. The van der Waals surface area contributed by atoms with Gasteiger partial charge in [0, 0.05) is 38.1 Å². The SMILES string of the molecule is CN(Cc1ccc(F)cc1)C(=O)c1nc(C2CCCN2C(=O)c2ccncc2)[nH]c(=O)c1O. The van der Waals surface area contributed by atoms with Gasteiger partial charge in [0.1, 0.15) is 11.6 Å². The number of carbonyl (C=O) groups is 2. The van der Waals surface area contributed by atoms with E-state index < -0.39 is 34.8 Å². The van der Waals surface area contributed by atoms with Crippen molar-refractivity contribution in [3.63, 3.8) is 0 Å². The molecular weight excluding hydrogens is 429 g/mol. The maximum absolute atomic E-state index is 13.1. The highest BCUT2D eigenvalue weighted by Gasteiger charge is 2.34. The van der Waals surface area contributed by atoms with Gasteiger partial charge >= 0.3 is 0 Å². The van der Waals surface area contributed by atoms with E-state index in [1.807, 2.05) is 0 Å². The van der Waals surface area contributed by atoms with Gasteiger partial charge in [0.15, 0.2) is 5.69 Å². The molecular formula is C23H22FN5O4. The van der Waals surface area contributed by atoms with Gasteiger partial charge in [-0.3, -0.25) is 19.4 Å². The van der Waals surface area contributed by atoms with E-state index >= 15 is 0 Å². The predicted molar refractivity (Wildman–Crippen MR) is 116 cm³/mol. The molecule has 0 radical (unpaired) electrons. The fourth-order valence-corrected chi connectivity index (χ4v) is 3.86. The third-order valence-corrected chi connectivity index (χ3v) is 5.55. The number of halogens is 1. The Balaban J connectivity index is 1.61. The second kappa shape index (κ2) is 9.19. The standard InChI is InChI=1S/C23H22FN5O4/c1-28(13-14-4-6-16(24)7-5-14)23(33)18-19(30)21(31)27-20(26-18)17-3-2-12-29(17)22(32)15-8-10-25-11-9-15/h4-11,17,30H,2-3,12-13H2,1H3,(H,26,27,31). The number of H-pyrrole nitrogens is 1. The van der Waals surface area contributed by atoms with Crippen molar-refractivity contribution in [2.45, 2.75) is 25.4 Å². The Labute approximate surface area is 188 Å².